The quantitative estimate of drug-likeness (QED) is 0.728. The molecule has 2 heterocycles. The van der Waals surface area contributed by atoms with Gasteiger partial charge in [0.05, 0.1) is 12.0 Å². The number of carboxylic acids is 1. The molecule has 2 saturated heterocycles. The molecule has 0 aliphatic carbocycles. The van der Waals surface area contributed by atoms with E-state index >= 15 is 0 Å². The molecule has 2 aliphatic heterocycles. The van der Waals surface area contributed by atoms with Crippen molar-refractivity contribution in [1.29, 1.82) is 0 Å². The minimum absolute atomic E-state index is 0.0752. The van der Waals surface area contributed by atoms with Crippen molar-refractivity contribution in [2.45, 2.75) is 38.8 Å². The first-order valence-electron chi connectivity index (χ1n) is 6.29. The third kappa shape index (κ3) is 2.16. The summed E-state index contributed by atoms with van der Waals surface area (Å²) in [5.41, 5.74) is 0. The molecule has 17 heavy (non-hydrogen) atoms. The first-order valence-corrected chi connectivity index (χ1v) is 6.29. The highest BCUT2D eigenvalue weighted by Crippen LogP contribution is 2.27. The van der Waals surface area contributed by atoms with Crippen LogP contribution >= 0.6 is 0 Å². The molecule has 5 nitrogen and oxygen atoms in total. The van der Waals surface area contributed by atoms with Gasteiger partial charge < -0.3 is 15.3 Å². The standard InChI is InChI=1S/C12H20N2O3/c1-7-3-5-13-10(7)11(15)14-6-4-9(8(14)2)12(16)17/h7-10,13H,3-6H2,1-2H3,(H,16,17). The lowest BCUT2D eigenvalue weighted by atomic mass is 10.00. The summed E-state index contributed by atoms with van der Waals surface area (Å²) in [6.07, 6.45) is 1.59. The molecule has 0 radical (unpaired) electrons. The van der Waals surface area contributed by atoms with Gasteiger partial charge >= 0.3 is 5.97 Å². The molecule has 0 spiro atoms. The normalized spacial score (nSPS) is 37.4. The van der Waals surface area contributed by atoms with E-state index in [0.717, 1.165) is 13.0 Å². The van der Waals surface area contributed by atoms with Crippen LogP contribution in [-0.4, -0.2) is 47.1 Å². The third-order valence-electron chi connectivity index (χ3n) is 4.15. The fourth-order valence-electron chi connectivity index (χ4n) is 2.92. The summed E-state index contributed by atoms with van der Waals surface area (Å²) in [5, 5.41) is 12.3. The van der Waals surface area contributed by atoms with Crippen molar-refractivity contribution in [3.63, 3.8) is 0 Å². The van der Waals surface area contributed by atoms with Gasteiger partial charge in [0.1, 0.15) is 0 Å². The molecule has 96 valence electrons. The fourth-order valence-corrected chi connectivity index (χ4v) is 2.92. The molecule has 2 aliphatic rings. The van der Waals surface area contributed by atoms with Crippen molar-refractivity contribution in [2.75, 3.05) is 13.1 Å². The predicted octanol–water partition coefficient (Wildman–Crippen LogP) is 0.306. The Bertz CT molecular complexity index is 332. The number of hydrogen-bond acceptors (Lipinski definition) is 3. The van der Waals surface area contributed by atoms with Crippen LogP contribution in [0.4, 0.5) is 0 Å². The smallest absolute Gasteiger partial charge is 0.308 e. The molecule has 0 aromatic heterocycles. The number of rotatable bonds is 2. The zero-order valence-corrected chi connectivity index (χ0v) is 10.3. The minimum Gasteiger partial charge on any atom is -0.481 e. The van der Waals surface area contributed by atoms with E-state index in [4.69, 9.17) is 5.11 Å². The zero-order chi connectivity index (χ0) is 12.6. The number of hydrogen-bond donors (Lipinski definition) is 2. The highest BCUT2D eigenvalue weighted by atomic mass is 16.4. The first kappa shape index (κ1) is 12.4. The number of amides is 1. The van der Waals surface area contributed by atoms with Crippen LogP contribution in [0.25, 0.3) is 0 Å². The lowest BCUT2D eigenvalue weighted by molar-refractivity contribution is -0.143. The van der Waals surface area contributed by atoms with Gasteiger partial charge in [-0.15, -0.1) is 0 Å². The van der Waals surface area contributed by atoms with Gasteiger partial charge in [-0.25, -0.2) is 0 Å². The van der Waals surface area contributed by atoms with E-state index in [-0.39, 0.29) is 18.0 Å². The maximum Gasteiger partial charge on any atom is 0.308 e. The highest BCUT2D eigenvalue weighted by Gasteiger charge is 2.42. The summed E-state index contributed by atoms with van der Waals surface area (Å²) in [5.74, 6) is -0.777. The van der Waals surface area contributed by atoms with E-state index < -0.39 is 11.9 Å². The molecule has 4 atom stereocenters. The van der Waals surface area contributed by atoms with E-state index in [9.17, 15) is 9.59 Å². The van der Waals surface area contributed by atoms with E-state index in [1.165, 1.54) is 0 Å². The highest BCUT2D eigenvalue weighted by molar-refractivity contribution is 5.84. The molecule has 1 amide bonds. The van der Waals surface area contributed by atoms with Crippen molar-refractivity contribution in [1.82, 2.24) is 10.2 Å². The van der Waals surface area contributed by atoms with Gasteiger partial charge in [0.15, 0.2) is 0 Å². The average molecular weight is 240 g/mol. The van der Waals surface area contributed by atoms with Crippen molar-refractivity contribution in [2.24, 2.45) is 11.8 Å². The molecule has 2 fully saturated rings. The second kappa shape index (κ2) is 4.64. The Morgan fingerprint density at radius 2 is 2.00 bits per heavy atom. The van der Waals surface area contributed by atoms with Crippen molar-refractivity contribution < 1.29 is 14.7 Å². The van der Waals surface area contributed by atoms with Crippen LogP contribution < -0.4 is 5.32 Å². The number of carboxylic acid groups (broad SMARTS) is 1. The molecule has 0 aromatic carbocycles. The molecule has 5 heteroatoms. The van der Waals surface area contributed by atoms with Gasteiger partial charge in [-0.1, -0.05) is 6.92 Å². The largest absolute Gasteiger partial charge is 0.481 e. The summed E-state index contributed by atoms with van der Waals surface area (Å²) < 4.78 is 0. The number of nitrogens with one attached hydrogen (secondary N) is 1. The molecule has 0 bridgehead atoms. The molecule has 0 aromatic rings. The van der Waals surface area contributed by atoms with Crippen LogP contribution in [0.2, 0.25) is 0 Å². The van der Waals surface area contributed by atoms with E-state index in [0.29, 0.717) is 18.9 Å². The number of carbonyl (C=O) groups is 2. The average Bonchev–Trinajstić information content (AvgIpc) is 2.83. The van der Waals surface area contributed by atoms with Crippen LogP contribution in [0.1, 0.15) is 26.7 Å². The van der Waals surface area contributed by atoms with Gasteiger partial charge in [0, 0.05) is 12.6 Å². The molecule has 4 unspecified atom stereocenters. The summed E-state index contributed by atoms with van der Waals surface area (Å²) in [7, 11) is 0. The second-order valence-corrected chi connectivity index (χ2v) is 5.20. The SMILES string of the molecule is CC1CCNC1C(=O)N1CCC(C(=O)O)C1C. The van der Waals surface area contributed by atoms with Gasteiger partial charge in [-0.05, 0) is 32.2 Å². The summed E-state index contributed by atoms with van der Waals surface area (Å²) >= 11 is 0. The molecular formula is C12H20N2O3. The van der Waals surface area contributed by atoms with Crippen LogP contribution in [-0.2, 0) is 9.59 Å². The Morgan fingerprint density at radius 3 is 2.47 bits per heavy atom. The fraction of sp³-hybridized carbons (Fsp3) is 0.833. The van der Waals surface area contributed by atoms with Gasteiger partial charge in [-0.2, -0.15) is 0 Å². The second-order valence-electron chi connectivity index (χ2n) is 5.20. The van der Waals surface area contributed by atoms with Crippen LogP contribution in [0, 0.1) is 11.8 Å². The van der Waals surface area contributed by atoms with Gasteiger partial charge in [0.2, 0.25) is 5.91 Å². The lowest BCUT2D eigenvalue weighted by Gasteiger charge is -2.27. The Kier molecular flexibility index (Phi) is 3.38. The van der Waals surface area contributed by atoms with E-state index in [1.54, 1.807) is 4.90 Å². The van der Waals surface area contributed by atoms with Crippen LogP contribution in [0.5, 0.6) is 0 Å². The van der Waals surface area contributed by atoms with Gasteiger partial charge in [0.25, 0.3) is 0 Å². The molecule has 2 rings (SSSR count). The minimum atomic E-state index is -0.791. The Morgan fingerprint density at radius 1 is 1.29 bits per heavy atom. The molecular weight excluding hydrogens is 220 g/mol. The van der Waals surface area contributed by atoms with Gasteiger partial charge in [-0.3, -0.25) is 9.59 Å². The maximum absolute atomic E-state index is 12.3. The van der Waals surface area contributed by atoms with Crippen LogP contribution in [0.15, 0.2) is 0 Å². The van der Waals surface area contributed by atoms with Crippen molar-refractivity contribution in [3.8, 4) is 0 Å². The Hall–Kier alpha value is -1.10. The Balaban J connectivity index is 2.04. The molecule has 0 saturated carbocycles. The first-order chi connectivity index (χ1) is 8.02. The van der Waals surface area contributed by atoms with Crippen molar-refractivity contribution >= 4 is 11.9 Å². The van der Waals surface area contributed by atoms with Crippen LogP contribution in [0.3, 0.4) is 0 Å². The number of aliphatic carboxylic acids is 1. The monoisotopic (exact) mass is 240 g/mol. The summed E-state index contributed by atoms with van der Waals surface area (Å²) in [6, 6.07) is -0.306. The summed E-state index contributed by atoms with van der Waals surface area (Å²) in [4.78, 5) is 25.1. The topological polar surface area (TPSA) is 69.6 Å². The van der Waals surface area contributed by atoms with Crippen molar-refractivity contribution in [3.05, 3.63) is 0 Å². The number of likely N-dealkylation sites (tertiary alicyclic amines) is 1. The number of carbonyl (C=O) groups excluding carboxylic acids is 1. The Labute approximate surface area is 101 Å². The van der Waals surface area contributed by atoms with E-state index in [1.807, 2.05) is 6.92 Å². The van der Waals surface area contributed by atoms with E-state index in [2.05, 4.69) is 12.2 Å². The maximum atomic E-state index is 12.3. The molecule has 2 N–H and O–H groups in total. The summed E-state index contributed by atoms with van der Waals surface area (Å²) in [6.45, 7) is 5.35. The lowest BCUT2D eigenvalue weighted by Crippen LogP contribution is -2.48. The predicted molar refractivity (Wildman–Crippen MR) is 62.5 cm³/mol. The zero-order valence-electron chi connectivity index (χ0n) is 10.3. The number of nitrogens with zero attached hydrogens (tertiary/aromatic N) is 1. The third-order valence-corrected chi connectivity index (χ3v) is 4.15.